The molecule has 0 saturated carbocycles. The monoisotopic (exact) mass is 496 g/mol. The highest BCUT2D eigenvalue weighted by molar-refractivity contribution is 6.98. The molecule has 6 aromatic rings. The molecule has 0 saturated heterocycles. The molecule has 0 bridgehead atoms. The van der Waals surface area contributed by atoms with Gasteiger partial charge in [0.05, 0.1) is 0 Å². The zero-order valence-corrected chi connectivity index (χ0v) is 21.0. The lowest BCUT2D eigenvalue weighted by Gasteiger charge is -2.35. The van der Waals surface area contributed by atoms with Crippen LogP contribution in [0, 0.1) is 0 Å². The molecule has 39 heavy (non-hydrogen) atoms. The first-order chi connectivity index (χ1) is 19.4. The fourth-order valence-corrected chi connectivity index (χ4v) is 6.77. The Morgan fingerprint density at radius 3 is 1.56 bits per heavy atom. The third kappa shape index (κ3) is 2.82. The fraction of sp³-hybridized carbons (Fsp3) is 0. The van der Waals surface area contributed by atoms with E-state index in [2.05, 4.69) is 109 Å². The topological polar surface area (TPSA) is 18.5 Å². The zero-order valence-electron chi connectivity index (χ0n) is 21.0. The zero-order chi connectivity index (χ0) is 25.5. The lowest BCUT2D eigenvalue weighted by atomic mass is 9.34. The molecule has 3 heteroatoms. The van der Waals surface area contributed by atoms with E-state index in [-0.39, 0.29) is 6.71 Å². The predicted molar refractivity (Wildman–Crippen MR) is 159 cm³/mol. The summed E-state index contributed by atoms with van der Waals surface area (Å²) in [6.07, 6.45) is 0. The summed E-state index contributed by atoms with van der Waals surface area (Å²) in [5.74, 6) is 3.57. The van der Waals surface area contributed by atoms with Gasteiger partial charge in [0.1, 0.15) is 23.0 Å². The summed E-state index contributed by atoms with van der Waals surface area (Å²) >= 11 is 0. The van der Waals surface area contributed by atoms with E-state index in [4.69, 9.17) is 9.47 Å². The smallest absolute Gasteiger partial charge is 0.260 e. The molecule has 0 fully saturated rings. The average molecular weight is 496 g/mol. The van der Waals surface area contributed by atoms with Crippen LogP contribution in [-0.4, -0.2) is 6.71 Å². The molecule has 9 rings (SSSR count). The minimum Gasteiger partial charge on any atom is -0.458 e. The van der Waals surface area contributed by atoms with Gasteiger partial charge in [0.25, 0.3) is 6.71 Å². The van der Waals surface area contributed by atoms with Gasteiger partial charge in [-0.3, -0.25) is 0 Å². The minimum atomic E-state index is 0.0373. The SMILES string of the molecule is c1ccc2c(c1)Oc1cccc3c1B2c1ccc2c(c1O3)-c1ccccc1-c1ccccc1-c1ccccc1-2. The van der Waals surface area contributed by atoms with Crippen LogP contribution in [0.2, 0.25) is 0 Å². The predicted octanol–water partition coefficient (Wildman–Crippen LogP) is 7.40. The highest BCUT2D eigenvalue weighted by Gasteiger charge is 2.41. The Morgan fingerprint density at radius 1 is 0.359 bits per heavy atom. The molecule has 0 unspecified atom stereocenters. The summed E-state index contributed by atoms with van der Waals surface area (Å²) in [5.41, 5.74) is 13.1. The first kappa shape index (κ1) is 21.0. The number of hydrogen-bond donors (Lipinski definition) is 0. The van der Waals surface area contributed by atoms with E-state index in [9.17, 15) is 0 Å². The Kier molecular flexibility index (Phi) is 4.17. The average Bonchev–Trinajstić information content (AvgIpc) is 3.00. The number of hydrogen-bond acceptors (Lipinski definition) is 2. The number of rotatable bonds is 0. The molecule has 0 amide bonds. The van der Waals surface area contributed by atoms with Crippen molar-refractivity contribution >= 4 is 23.1 Å². The van der Waals surface area contributed by atoms with E-state index in [1.54, 1.807) is 0 Å². The van der Waals surface area contributed by atoms with E-state index >= 15 is 0 Å². The van der Waals surface area contributed by atoms with E-state index in [1.165, 1.54) is 49.9 Å². The Bertz CT molecular complexity index is 1980. The molecule has 2 heterocycles. The summed E-state index contributed by atoms with van der Waals surface area (Å²) in [5, 5.41) is 0. The normalized spacial score (nSPS) is 13.0. The number of para-hydroxylation sites is 1. The van der Waals surface area contributed by atoms with E-state index in [0.717, 1.165) is 34.0 Å². The van der Waals surface area contributed by atoms with Crippen LogP contribution in [0.25, 0.3) is 44.5 Å². The van der Waals surface area contributed by atoms with Gasteiger partial charge >= 0.3 is 0 Å². The van der Waals surface area contributed by atoms with Gasteiger partial charge in [-0.05, 0) is 68.1 Å². The van der Waals surface area contributed by atoms with Crippen molar-refractivity contribution in [1.82, 2.24) is 0 Å². The second-order valence-electron chi connectivity index (χ2n) is 10.4. The molecule has 0 N–H and O–H groups in total. The van der Waals surface area contributed by atoms with Gasteiger partial charge in [0.15, 0.2) is 0 Å². The van der Waals surface area contributed by atoms with Crippen LogP contribution in [0.15, 0.2) is 127 Å². The van der Waals surface area contributed by atoms with Crippen molar-refractivity contribution < 1.29 is 9.47 Å². The molecule has 0 aromatic heterocycles. The standard InChI is InChI=1S/C36H21BO2/c1-2-11-23-22(10-1)24-12-3-4-14-26(24)28-20-21-30-36(34(28)27-15-6-5-13-25(23)27)39-33-19-9-18-32-35(33)37(30)29-16-7-8-17-31(29)38-32/h1-21H. The summed E-state index contributed by atoms with van der Waals surface area (Å²) in [6.45, 7) is 0.0373. The second-order valence-corrected chi connectivity index (χ2v) is 10.4. The van der Waals surface area contributed by atoms with Gasteiger partial charge in [0.2, 0.25) is 0 Å². The molecule has 0 atom stereocenters. The Balaban J connectivity index is 1.42. The quantitative estimate of drug-likeness (QED) is 0.204. The maximum atomic E-state index is 6.91. The maximum absolute atomic E-state index is 6.91. The van der Waals surface area contributed by atoms with Gasteiger partial charge in [0, 0.05) is 11.0 Å². The lowest BCUT2D eigenvalue weighted by molar-refractivity contribution is 0.465. The Hall–Kier alpha value is -5.02. The van der Waals surface area contributed by atoms with Crippen molar-refractivity contribution in [3.05, 3.63) is 127 Å². The van der Waals surface area contributed by atoms with E-state index < -0.39 is 0 Å². The highest BCUT2D eigenvalue weighted by atomic mass is 16.5. The van der Waals surface area contributed by atoms with Crippen LogP contribution in [0.4, 0.5) is 0 Å². The van der Waals surface area contributed by atoms with Crippen molar-refractivity contribution in [2.45, 2.75) is 0 Å². The molecule has 6 aromatic carbocycles. The van der Waals surface area contributed by atoms with E-state index in [0.29, 0.717) is 0 Å². The summed E-state index contributed by atoms with van der Waals surface area (Å²) in [4.78, 5) is 0. The lowest BCUT2D eigenvalue weighted by Crippen LogP contribution is -2.57. The largest absolute Gasteiger partial charge is 0.458 e. The summed E-state index contributed by atoms with van der Waals surface area (Å²) in [7, 11) is 0. The van der Waals surface area contributed by atoms with Gasteiger partial charge in [-0.1, -0.05) is 109 Å². The molecule has 0 spiro atoms. The van der Waals surface area contributed by atoms with Crippen LogP contribution in [0.3, 0.4) is 0 Å². The molecule has 2 nitrogen and oxygen atoms in total. The van der Waals surface area contributed by atoms with Gasteiger partial charge in [-0.15, -0.1) is 0 Å². The second kappa shape index (κ2) is 7.75. The van der Waals surface area contributed by atoms with Crippen molar-refractivity contribution in [3.8, 4) is 67.5 Å². The Labute approximate surface area is 227 Å². The van der Waals surface area contributed by atoms with Crippen LogP contribution in [-0.2, 0) is 0 Å². The van der Waals surface area contributed by atoms with Crippen LogP contribution in [0.5, 0.6) is 23.0 Å². The molecule has 1 aliphatic carbocycles. The van der Waals surface area contributed by atoms with Gasteiger partial charge in [-0.2, -0.15) is 0 Å². The molecule has 3 aliphatic rings. The third-order valence-electron chi connectivity index (χ3n) is 8.40. The number of benzene rings is 6. The summed E-state index contributed by atoms with van der Waals surface area (Å²) < 4.78 is 13.3. The van der Waals surface area contributed by atoms with Crippen molar-refractivity contribution in [2.75, 3.05) is 0 Å². The van der Waals surface area contributed by atoms with Crippen LogP contribution in [0.1, 0.15) is 0 Å². The third-order valence-corrected chi connectivity index (χ3v) is 8.40. The maximum Gasteiger partial charge on any atom is 0.260 e. The Morgan fingerprint density at radius 2 is 0.872 bits per heavy atom. The fourth-order valence-electron chi connectivity index (χ4n) is 6.77. The first-order valence-corrected chi connectivity index (χ1v) is 13.4. The minimum absolute atomic E-state index is 0.0373. The molecule has 2 aliphatic heterocycles. The molecule has 0 radical (unpaired) electrons. The van der Waals surface area contributed by atoms with E-state index in [1.807, 2.05) is 18.2 Å². The van der Waals surface area contributed by atoms with Crippen LogP contribution >= 0.6 is 0 Å². The van der Waals surface area contributed by atoms with Crippen LogP contribution < -0.4 is 25.9 Å². The van der Waals surface area contributed by atoms with Crippen molar-refractivity contribution in [1.29, 1.82) is 0 Å². The number of ether oxygens (including phenoxy) is 2. The van der Waals surface area contributed by atoms with Crippen molar-refractivity contribution in [3.63, 3.8) is 0 Å². The highest BCUT2D eigenvalue weighted by Crippen LogP contribution is 2.51. The first-order valence-electron chi connectivity index (χ1n) is 13.4. The van der Waals surface area contributed by atoms with Gasteiger partial charge < -0.3 is 9.47 Å². The molecular formula is C36H21BO2. The van der Waals surface area contributed by atoms with Gasteiger partial charge in [-0.25, -0.2) is 0 Å². The number of fused-ring (bicyclic) bond motifs is 13. The molecule has 180 valence electrons. The van der Waals surface area contributed by atoms with Crippen molar-refractivity contribution in [2.24, 2.45) is 0 Å². The summed E-state index contributed by atoms with van der Waals surface area (Å²) in [6, 6.07) is 45.3. The molecular weight excluding hydrogens is 475 g/mol.